The number of nitrogens with one attached hydrogen (secondary N) is 1. The summed E-state index contributed by atoms with van der Waals surface area (Å²) in [4.78, 5) is 21.6. The van der Waals surface area contributed by atoms with Crippen molar-refractivity contribution in [2.75, 3.05) is 24.8 Å². The first-order valence-electron chi connectivity index (χ1n) is 10.1. The van der Waals surface area contributed by atoms with Crippen LogP contribution in [0, 0.1) is 20.8 Å². The fourth-order valence-electron chi connectivity index (χ4n) is 3.72. The summed E-state index contributed by atoms with van der Waals surface area (Å²) in [5.41, 5.74) is 4.43. The van der Waals surface area contributed by atoms with Crippen LogP contribution < -0.4 is 14.8 Å². The first-order chi connectivity index (χ1) is 14.9. The number of carbonyl (C=O) groups excluding carboxylic acids is 1. The number of carbonyl (C=O) groups is 1. The highest BCUT2D eigenvalue weighted by Crippen LogP contribution is 2.45. The summed E-state index contributed by atoms with van der Waals surface area (Å²) in [6, 6.07) is 7.79. The maximum atomic E-state index is 12.6. The molecule has 9 heteroatoms. The van der Waals surface area contributed by atoms with Crippen LogP contribution in [0.3, 0.4) is 0 Å². The van der Waals surface area contributed by atoms with Gasteiger partial charge in [0, 0.05) is 17.0 Å². The van der Waals surface area contributed by atoms with E-state index in [-0.39, 0.29) is 11.2 Å². The van der Waals surface area contributed by atoms with E-state index >= 15 is 0 Å². The average molecular weight is 440 g/mol. The number of fused-ring (bicyclic) bond motifs is 1. The Labute approximate surface area is 185 Å². The molecule has 3 heterocycles. The quantitative estimate of drug-likeness (QED) is 0.647. The van der Waals surface area contributed by atoms with E-state index in [2.05, 4.69) is 15.3 Å². The monoisotopic (exact) mass is 439 g/mol. The van der Waals surface area contributed by atoms with Crippen LogP contribution in [0.4, 0.5) is 5.82 Å². The summed E-state index contributed by atoms with van der Waals surface area (Å²) >= 11 is 1.55. The molecule has 1 aromatic carbocycles. The third-order valence-corrected chi connectivity index (χ3v) is 6.23. The van der Waals surface area contributed by atoms with Crippen LogP contribution in [-0.4, -0.2) is 45.1 Å². The Morgan fingerprint density at radius 2 is 1.90 bits per heavy atom. The number of aromatic nitrogens is 4. The lowest BCUT2D eigenvalue weighted by Gasteiger charge is -2.18. The van der Waals surface area contributed by atoms with Crippen LogP contribution >= 0.6 is 11.8 Å². The molecule has 0 spiro atoms. The van der Waals surface area contributed by atoms with Gasteiger partial charge in [-0.3, -0.25) is 4.79 Å². The van der Waals surface area contributed by atoms with Crippen molar-refractivity contribution in [1.29, 1.82) is 0 Å². The molecule has 4 rings (SSSR count). The van der Waals surface area contributed by atoms with Crippen molar-refractivity contribution in [3.63, 3.8) is 0 Å². The lowest BCUT2D eigenvalue weighted by molar-refractivity contribution is -0.113. The molecule has 1 aliphatic rings. The largest absolute Gasteiger partial charge is 0.493 e. The number of nitrogens with zero attached hydrogens (tertiary/aromatic N) is 4. The van der Waals surface area contributed by atoms with Crippen molar-refractivity contribution in [2.45, 2.75) is 32.9 Å². The molecule has 3 aromatic rings. The number of amides is 1. The standard InChI is InChI=1S/C22H25N5O3S/c1-6-30-16-8-7-15(10-17(16)29-5)20-19-14(4)26-27(21(19)25-18(28)11-31-20)22-23-12(2)9-13(3)24-22/h7-10,20H,6,11H2,1-5H3,(H,25,28)/t20-/m0/s1. The number of aryl methyl sites for hydroxylation is 3. The minimum absolute atomic E-state index is 0.0859. The lowest BCUT2D eigenvalue weighted by Crippen LogP contribution is -2.17. The van der Waals surface area contributed by atoms with E-state index in [1.807, 2.05) is 52.0 Å². The van der Waals surface area contributed by atoms with Gasteiger partial charge in [-0.15, -0.1) is 11.8 Å². The molecular formula is C22H25N5O3S. The van der Waals surface area contributed by atoms with E-state index in [0.29, 0.717) is 35.6 Å². The number of hydrogen-bond donors (Lipinski definition) is 1. The fraction of sp³-hybridized carbons (Fsp3) is 0.364. The zero-order chi connectivity index (χ0) is 22.1. The van der Waals surface area contributed by atoms with Gasteiger partial charge in [0.25, 0.3) is 5.95 Å². The number of thioether (sulfide) groups is 1. The van der Waals surface area contributed by atoms with Gasteiger partial charge in [-0.25, -0.2) is 9.97 Å². The predicted octanol–water partition coefficient (Wildman–Crippen LogP) is 3.77. The minimum atomic E-state index is -0.113. The Hall–Kier alpha value is -3.07. The summed E-state index contributed by atoms with van der Waals surface area (Å²) in [6.07, 6.45) is 0. The molecule has 0 saturated heterocycles. The third-order valence-electron chi connectivity index (χ3n) is 4.96. The topological polar surface area (TPSA) is 91.2 Å². The number of ether oxygens (including phenoxy) is 2. The number of anilines is 1. The second-order valence-electron chi connectivity index (χ2n) is 7.29. The average Bonchev–Trinajstić information content (AvgIpc) is 2.93. The Morgan fingerprint density at radius 1 is 1.16 bits per heavy atom. The minimum Gasteiger partial charge on any atom is -0.493 e. The van der Waals surface area contributed by atoms with Crippen LogP contribution in [0.15, 0.2) is 24.3 Å². The van der Waals surface area contributed by atoms with Crippen molar-refractivity contribution in [3.05, 3.63) is 52.5 Å². The van der Waals surface area contributed by atoms with Gasteiger partial charge in [-0.05, 0) is 51.5 Å². The van der Waals surface area contributed by atoms with Crippen molar-refractivity contribution in [2.24, 2.45) is 0 Å². The highest BCUT2D eigenvalue weighted by molar-refractivity contribution is 8.00. The fourth-order valence-corrected chi connectivity index (χ4v) is 4.89. The molecule has 162 valence electrons. The van der Waals surface area contributed by atoms with E-state index < -0.39 is 0 Å². The van der Waals surface area contributed by atoms with Gasteiger partial charge in [0.1, 0.15) is 5.82 Å². The maximum absolute atomic E-state index is 12.6. The Kier molecular flexibility index (Phi) is 5.86. The molecule has 0 aliphatic carbocycles. The third kappa shape index (κ3) is 4.10. The summed E-state index contributed by atoms with van der Waals surface area (Å²) < 4.78 is 12.8. The Bertz CT molecular complexity index is 1120. The van der Waals surface area contributed by atoms with E-state index in [0.717, 1.165) is 28.2 Å². The second kappa shape index (κ2) is 8.58. The van der Waals surface area contributed by atoms with Gasteiger partial charge in [0.15, 0.2) is 11.5 Å². The van der Waals surface area contributed by atoms with Gasteiger partial charge in [-0.2, -0.15) is 9.78 Å². The maximum Gasteiger partial charge on any atom is 0.252 e. The number of benzene rings is 1. The molecule has 1 aliphatic heterocycles. The Morgan fingerprint density at radius 3 is 2.58 bits per heavy atom. The normalized spacial score (nSPS) is 15.8. The number of hydrogen-bond acceptors (Lipinski definition) is 7. The molecule has 0 radical (unpaired) electrons. The molecule has 8 nitrogen and oxygen atoms in total. The van der Waals surface area contributed by atoms with E-state index in [9.17, 15) is 4.79 Å². The zero-order valence-electron chi connectivity index (χ0n) is 18.2. The van der Waals surface area contributed by atoms with Crippen LogP contribution in [-0.2, 0) is 4.79 Å². The highest BCUT2D eigenvalue weighted by atomic mass is 32.2. The molecule has 31 heavy (non-hydrogen) atoms. The van der Waals surface area contributed by atoms with Gasteiger partial charge in [0.2, 0.25) is 5.91 Å². The molecule has 0 saturated carbocycles. The molecule has 0 fully saturated rings. The number of methoxy groups -OCH3 is 1. The van der Waals surface area contributed by atoms with Crippen LogP contribution in [0.25, 0.3) is 5.95 Å². The van der Waals surface area contributed by atoms with Gasteiger partial charge < -0.3 is 14.8 Å². The van der Waals surface area contributed by atoms with Crippen LogP contribution in [0.1, 0.15) is 40.4 Å². The summed E-state index contributed by atoms with van der Waals surface area (Å²) in [5.74, 6) is 2.64. The van der Waals surface area contributed by atoms with E-state index in [4.69, 9.17) is 14.6 Å². The van der Waals surface area contributed by atoms with Crippen molar-refractivity contribution >= 4 is 23.5 Å². The summed E-state index contributed by atoms with van der Waals surface area (Å²) in [5, 5.41) is 7.60. The smallest absolute Gasteiger partial charge is 0.252 e. The molecule has 1 N–H and O–H groups in total. The molecule has 0 bridgehead atoms. The van der Waals surface area contributed by atoms with E-state index in [1.165, 1.54) is 0 Å². The van der Waals surface area contributed by atoms with Gasteiger partial charge >= 0.3 is 0 Å². The van der Waals surface area contributed by atoms with Gasteiger partial charge in [-0.1, -0.05) is 6.07 Å². The molecular weight excluding hydrogens is 414 g/mol. The number of rotatable bonds is 5. The SMILES string of the molecule is CCOc1ccc([C@@H]2SCC(=O)Nc3c2c(C)nn3-c2nc(C)cc(C)n2)cc1OC. The zero-order valence-corrected chi connectivity index (χ0v) is 19.0. The molecule has 2 aromatic heterocycles. The molecule has 1 atom stereocenters. The lowest BCUT2D eigenvalue weighted by atomic mass is 10.0. The van der Waals surface area contributed by atoms with Crippen LogP contribution in [0.2, 0.25) is 0 Å². The summed E-state index contributed by atoms with van der Waals surface area (Å²) in [7, 11) is 1.62. The summed E-state index contributed by atoms with van der Waals surface area (Å²) in [6.45, 7) is 8.26. The first-order valence-corrected chi connectivity index (χ1v) is 11.1. The second-order valence-corrected chi connectivity index (χ2v) is 8.39. The van der Waals surface area contributed by atoms with Crippen molar-refractivity contribution in [1.82, 2.24) is 19.7 Å². The first kappa shape index (κ1) is 21.2. The van der Waals surface area contributed by atoms with Crippen molar-refractivity contribution < 1.29 is 14.3 Å². The van der Waals surface area contributed by atoms with Crippen molar-refractivity contribution in [3.8, 4) is 17.4 Å². The van der Waals surface area contributed by atoms with Gasteiger partial charge in [0.05, 0.1) is 30.4 Å². The van der Waals surface area contributed by atoms with Crippen LogP contribution in [0.5, 0.6) is 11.5 Å². The van der Waals surface area contributed by atoms with E-state index in [1.54, 1.807) is 23.6 Å². The predicted molar refractivity (Wildman–Crippen MR) is 120 cm³/mol. The Balaban J connectivity index is 1.86. The highest BCUT2D eigenvalue weighted by Gasteiger charge is 2.31. The molecule has 1 amide bonds. The molecule has 0 unspecified atom stereocenters.